The quantitative estimate of drug-likeness (QED) is 0.817. The molecule has 0 aromatic heterocycles. The van der Waals surface area contributed by atoms with Crippen LogP contribution in [0.3, 0.4) is 0 Å². The van der Waals surface area contributed by atoms with Gasteiger partial charge >= 0.3 is 0 Å². The van der Waals surface area contributed by atoms with E-state index in [0.717, 1.165) is 6.54 Å². The Hall–Kier alpha value is -0.240. The standard InChI is InChI=1S/C12H17Cl2N/c1-3-4-9(2)15-8-10-5-6-11(13)12(14)7-10/h5-7,9,15H,3-4,8H2,1-2H3. The van der Waals surface area contributed by atoms with Gasteiger partial charge in [-0.05, 0) is 31.0 Å². The molecule has 0 aliphatic carbocycles. The normalized spacial score (nSPS) is 12.8. The fraction of sp³-hybridized carbons (Fsp3) is 0.500. The van der Waals surface area contributed by atoms with Crippen molar-refractivity contribution in [3.05, 3.63) is 33.8 Å². The lowest BCUT2D eigenvalue weighted by atomic mass is 10.1. The van der Waals surface area contributed by atoms with Gasteiger partial charge in [-0.3, -0.25) is 0 Å². The number of hydrogen-bond donors (Lipinski definition) is 1. The molecule has 84 valence electrons. The molecule has 0 aliphatic heterocycles. The van der Waals surface area contributed by atoms with Crippen LogP contribution in [-0.2, 0) is 6.54 Å². The van der Waals surface area contributed by atoms with Gasteiger partial charge < -0.3 is 5.32 Å². The molecule has 1 rings (SSSR count). The molecular formula is C12H17Cl2N. The zero-order valence-corrected chi connectivity index (χ0v) is 10.7. The fourth-order valence-corrected chi connectivity index (χ4v) is 1.80. The molecule has 15 heavy (non-hydrogen) atoms. The van der Waals surface area contributed by atoms with Gasteiger partial charge in [0.05, 0.1) is 10.0 Å². The number of nitrogens with one attached hydrogen (secondary N) is 1. The maximum absolute atomic E-state index is 5.93. The van der Waals surface area contributed by atoms with Crippen LogP contribution in [0.15, 0.2) is 18.2 Å². The molecule has 0 heterocycles. The van der Waals surface area contributed by atoms with E-state index in [1.807, 2.05) is 18.2 Å². The summed E-state index contributed by atoms with van der Waals surface area (Å²) in [6.07, 6.45) is 2.40. The highest BCUT2D eigenvalue weighted by Gasteiger charge is 2.02. The van der Waals surface area contributed by atoms with Crippen LogP contribution in [0.1, 0.15) is 32.3 Å². The van der Waals surface area contributed by atoms with E-state index >= 15 is 0 Å². The van der Waals surface area contributed by atoms with E-state index in [0.29, 0.717) is 16.1 Å². The first-order valence-corrected chi connectivity index (χ1v) is 6.06. The molecule has 1 atom stereocenters. The fourth-order valence-electron chi connectivity index (χ4n) is 1.48. The Morgan fingerprint density at radius 1 is 1.27 bits per heavy atom. The first-order valence-electron chi connectivity index (χ1n) is 5.30. The largest absolute Gasteiger partial charge is 0.310 e. The minimum Gasteiger partial charge on any atom is -0.310 e. The van der Waals surface area contributed by atoms with Crippen LogP contribution in [0, 0.1) is 0 Å². The molecule has 0 bridgehead atoms. The third-order valence-electron chi connectivity index (χ3n) is 2.36. The summed E-state index contributed by atoms with van der Waals surface area (Å²) < 4.78 is 0. The second-order valence-electron chi connectivity index (χ2n) is 3.82. The third kappa shape index (κ3) is 4.42. The summed E-state index contributed by atoms with van der Waals surface area (Å²) in [5, 5.41) is 4.68. The van der Waals surface area contributed by atoms with Gasteiger partial charge in [0.25, 0.3) is 0 Å². The van der Waals surface area contributed by atoms with E-state index in [9.17, 15) is 0 Å². The number of hydrogen-bond acceptors (Lipinski definition) is 1. The number of halogens is 2. The van der Waals surface area contributed by atoms with Crippen LogP contribution in [0.2, 0.25) is 10.0 Å². The van der Waals surface area contributed by atoms with Gasteiger partial charge in [-0.15, -0.1) is 0 Å². The van der Waals surface area contributed by atoms with Crippen molar-refractivity contribution in [2.24, 2.45) is 0 Å². The second kappa shape index (κ2) is 6.37. The van der Waals surface area contributed by atoms with Crippen molar-refractivity contribution in [3.8, 4) is 0 Å². The first kappa shape index (κ1) is 12.8. The van der Waals surface area contributed by atoms with Crippen LogP contribution in [0.25, 0.3) is 0 Å². The maximum atomic E-state index is 5.93. The van der Waals surface area contributed by atoms with Gasteiger partial charge in [-0.2, -0.15) is 0 Å². The molecule has 1 unspecified atom stereocenters. The minimum atomic E-state index is 0.546. The molecule has 1 aromatic rings. The third-order valence-corrected chi connectivity index (χ3v) is 3.10. The zero-order valence-electron chi connectivity index (χ0n) is 9.19. The highest BCUT2D eigenvalue weighted by atomic mass is 35.5. The van der Waals surface area contributed by atoms with Gasteiger partial charge in [0.1, 0.15) is 0 Å². The lowest BCUT2D eigenvalue weighted by molar-refractivity contribution is 0.508. The Morgan fingerprint density at radius 2 is 2.00 bits per heavy atom. The Bertz CT molecular complexity index is 312. The topological polar surface area (TPSA) is 12.0 Å². The van der Waals surface area contributed by atoms with Gasteiger partial charge in [0.15, 0.2) is 0 Å². The Kier molecular flexibility index (Phi) is 5.44. The SMILES string of the molecule is CCCC(C)NCc1ccc(Cl)c(Cl)c1. The van der Waals surface area contributed by atoms with Crippen LogP contribution < -0.4 is 5.32 Å². The summed E-state index contributed by atoms with van der Waals surface area (Å²) in [5.41, 5.74) is 1.17. The summed E-state index contributed by atoms with van der Waals surface area (Å²) in [6.45, 7) is 5.23. The van der Waals surface area contributed by atoms with Crippen molar-refractivity contribution in [1.29, 1.82) is 0 Å². The molecule has 1 aromatic carbocycles. The molecule has 0 spiro atoms. The van der Waals surface area contributed by atoms with Crippen molar-refractivity contribution < 1.29 is 0 Å². The van der Waals surface area contributed by atoms with Crippen LogP contribution in [0.4, 0.5) is 0 Å². The molecule has 1 nitrogen and oxygen atoms in total. The van der Waals surface area contributed by atoms with E-state index in [2.05, 4.69) is 19.2 Å². The van der Waals surface area contributed by atoms with Crippen LogP contribution >= 0.6 is 23.2 Å². The molecule has 3 heteroatoms. The Balaban J connectivity index is 2.47. The zero-order chi connectivity index (χ0) is 11.3. The average Bonchev–Trinajstić information content (AvgIpc) is 2.20. The molecule has 0 radical (unpaired) electrons. The minimum absolute atomic E-state index is 0.546. The molecular weight excluding hydrogens is 229 g/mol. The van der Waals surface area contributed by atoms with Gasteiger partial charge in [0.2, 0.25) is 0 Å². The summed E-state index contributed by atoms with van der Waals surface area (Å²) >= 11 is 11.8. The summed E-state index contributed by atoms with van der Waals surface area (Å²) in [4.78, 5) is 0. The van der Waals surface area contributed by atoms with E-state index in [1.165, 1.54) is 18.4 Å². The smallest absolute Gasteiger partial charge is 0.0595 e. The van der Waals surface area contributed by atoms with Crippen molar-refractivity contribution in [1.82, 2.24) is 5.32 Å². The maximum Gasteiger partial charge on any atom is 0.0595 e. The molecule has 0 amide bonds. The summed E-state index contributed by atoms with van der Waals surface area (Å²) in [7, 11) is 0. The van der Waals surface area contributed by atoms with Crippen molar-refractivity contribution >= 4 is 23.2 Å². The molecule has 0 aliphatic rings. The predicted molar refractivity (Wildman–Crippen MR) is 67.7 cm³/mol. The monoisotopic (exact) mass is 245 g/mol. The van der Waals surface area contributed by atoms with Gasteiger partial charge in [-0.1, -0.05) is 42.6 Å². The van der Waals surface area contributed by atoms with Gasteiger partial charge in [0, 0.05) is 12.6 Å². The van der Waals surface area contributed by atoms with E-state index in [-0.39, 0.29) is 0 Å². The van der Waals surface area contributed by atoms with Crippen molar-refractivity contribution in [2.75, 3.05) is 0 Å². The summed E-state index contributed by atoms with van der Waals surface area (Å²) in [6, 6.07) is 6.30. The Labute approximate surface area is 102 Å². The Morgan fingerprint density at radius 3 is 2.60 bits per heavy atom. The van der Waals surface area contributed by atoms with E-state index in [4.69, 9.17) is 23.2 Å². The second-order valence-corrected chi connectivity index (χ2v) is 4.63. The van der Waals surface area contributed by atoms with Crippen molar-refractivity contribution in [2.45, 2.75) is 39.3 Å². The lowest BCUT2D eigenvalue weighted by Gasteiger charge is -2.12. The number of benzene rings is 1. The molecule has 0 saturated heterocycles. The van der Waals surface area contributed by atoms with Gasteiger partial charge in [-0.25, -0.2) is 0 Å². The highest BCUT2D eigenvalue weighted by molar-refractivity contribution is 6.42. The van der Waals surface area contributed by atoms with E-state index < -0.39 is 0 Å². The predicted octanol–water partition coefficient (Wildman–Crippen LogP) is 4.27. The summed E-state index contributed by atoms with van der Waals surface area (Å²) in [5.74, 6) is 0. The van der Waals surface area contributed by atoms with Crippen molar-refractivity contribution in [3.63, 3.8) is 0 Å². The number of rotatable bonds is 5. The first-order chi connectivity index (χ1) is 7.13. The molecule has 0 fully saturated rings. The van der Waals surface area contributed by atoms with Crippen LogP contribution in [-0.4, -0.2) is 6.04 Å². The molecule has 0 saturated carbocycles. The highest BCUT2D eigenvalue weighted by Crippen LogP contribution is 2.22. The van der Waals surface area contributed by atoms with E-state index in [1.54, 1.807) is 0 Å². The average molecular weight is 246 g/mol. The van der Waals surface area contributed by atoms with Crippen LogP contribution in [0.5, 0.6) is 0 Å². The molecule has 1 N–H and O–H groups in total. The lowest BCUT2D eigenvalue weighted by Crippen LogP contribution is -2.25.